The first kappa shape index (κ1) is 19.9. The third kappa shape index (κ3) is 3.88. The lowest BCUT2D eigenvalue weighted by molar-refractivity contribution is -0.118. The molecule has 0 saturated heterocycles. The van der Waals surface area contributed by atoms with Gasteiger partial charge in [-0.05, 0) is 24.3 Å². The summed E-state index contributed by atoms with van der Waals surface area (Å²) < 4.78 is 24.3. The number of esters is 1. The molecule has 3 rings (SSSR count). The lowest BCUT2D eigenvalue weighted by Crippen LogP contribution is -2.23. The molecule has 0 aliphatic rings. The Bertz CT molecular complexity index is 1130. The number of halogens is 1. The highest BCUT2D eigenvalue weighted by Gasteiger charge is 2.29. The SMILES string of the molecule is COC(=O)c1c[nH]c(=O)c([C@@H](CC(N)=O)c2ccc(-c3ccccc3F)o2)c1O. The molecule has 0 bridgehead atoms. The second-order valence-electron chi connectivity index (χ2n) is 6.19. The number of benzene rings is 1. The van der Waals surface area contributed by atoms with Gasteiger partial charge in [0.05, 0.1) is 24.2 Å². The van der Waals surface area contributed by atoms with Crippen LogP contribution < -0.4 is 11.3 Å². The number of carbonyl (C=O) groups is 2. The number of rotatable bonds is 6. The average molecular weight is 400 g/mol. The van der Waals surface area contributed by atoms with Crippen molar-refractivity contribution in [3.05, 3.63) is 75.7 Å². The molecule has 4 N–H and O–H groups in total. The van der Waals surface area contributed by atoms with Gasteiger partial charge in [-0.3, -0.25) is 9.59 Å². The first-order chi connectivity index (χ1) is 13.8. The van der Waals surface area contributed by atoms with Crippen LogP contribution in [0.15, 0.2) is 51.8 Å². The van der Waals surface area contributed by atoms with Crippen molar-refractivity contribution in [3.8, 4) is 17.1 Å². The Kier molecular flexibility index (Phi) is 5.49. The van der Waals surface area contributed by atoms with Gasteiger partial charge in [-0.25, -0.2) is 9.18 Å². The Morgan fingerprint density at radius 1 is 1.28 bits per heavy atom. The fourth-order valence-corrected chi connectivity index (χ4v) is 3.02. The van der Waals surface area contributed by atoms with Gasteiger partial charge in [-0.1, -0.05) is 12.1 Å². The van der Waals surface area contributed by atoms with E-state index >= 15 is 0 Å². The van der Waals surface area contributed by atoms with Crippen LogP contribution in [0.3, 0.4) is 0 Å². The van der Waals surface area contributed by atoms with Gasteiger partial charge in [0.2, 0.25) is 5.91 Å². The zero-order valence-electron chi connectivity index (χ0n) is 15.3. The molecular weight excluding hydrogens is 383 g/mol. The van der Waals surface area contributed by atoms with E-state index in [0.29, 0.717) is 0 Å². The number of aromatic amines is 1. The zero-order chi connectivity index (χ0) is 21.1. The van der Waals surface area contributed by atoms with Crippen LogP contribution in [0, 0.1) is 5.82 Å². The van der Waals surface area contributed by atoms with E-state index in [1.165, 1.54) is 30.3 Å². The summed E-state index contributed by atoms with van der Waals surface area (Å²) in [6.45, 7) is 0. The molecule has 9 heteroatoms. The molecule has 0 saturated carbocycles. The van der Waals surface area contributed by atoms with E-state index in [2.05, 4.69) is 9.72 Å². The highest BCUT2D eigenvalue weighted by molar-refractivity contribution is 5.92. The normalized spacial score (nSPS) is 11.8. The standard InChI is InChI=1S/C20H17FN2O6/c1-28-20(27)12-9-23-19(26)17(18(12)25)11(8-16(22)24)15-7-6-14(29-15)10-4-2-3-5-13(10)21/h2-7,9,11H,8H2,1H3,(H2,22,24)(H2,23,25,26)/t11-/m0/s1. The number of nitrogens with two attached hydrogens (primary N) is 1. The van der Waals surface area contributed by atoms with Gasteiger partial charge in [0.1, 0.15) is 28.7 Å². The molecule has 0 unspecified atom stereocenters. The van der Waals surface area contributed by atoms with E-state index in [1.807, 2.05) is 0 Å². The first-order valence-electron chi connectivity index (χ1n) is 8.49. The lowest BCUT2D eigenvalue weighted by atomic mass is 9.92. The van der Waals surface area contributed by atoms with Crippen molar-refractivity contribution in [2.75, 3.05) is 7.11 Å². The Morgan fingerprint density at radius 3 is 2.66 bits per heavy atom. The smallest absolute Gasteiger partial charge is 0.343 e. The fourth-order valence-electron chi connectivity index (χ4n) is 3.02. The Hall–Kier alpha value is -3.88. The number of aromatic nitrogens is 1. The summed E-state index contributed by atoms with van der Waals surface area (Å²) in [6, 6.07) is 8.82. The van der Waals surface area contributed by atoms with Gasteiger partial charge < -0.3 is 25.0 Å². The predicted molar refractivity (Wildman–Crippen MR) is 99.8 cm³/mol. The summed E-state index contributed by atoms with van der Waals surface area (Å²) in [7, 11) is 1.11. The zero-order valence-corrected chi connectivity index (χ0v) is 15.3. The molecule has 0 spiro atoms. The summed E-state index contributed by atoms with van der Waals surface area (Å²) in [4.78, 5) is 38.2. The summed E-state index contributed by atoms with van der Waals surface area (Å²) in [5, 5.41) is 10.5. The van der Waals surface area contributed by atoms with Crippen LogP contribution >= 0.6 is 0 Å². The molecule has 1 aromatic carbocycles. The second-order valence-corrected chi connectivity index (χ2v) is 6.19. The second kappa shape index (κ2) is 8.01. The van der Waals surface area contributed by atoms with E-state index in [1.54, 1.807) is 6.07 Å². The molecule has 0 fully saturated rings. The number of methoxy groups -OCH3 is 1. The topological polar surface area (TPSA) is 136 Å². The number of primary amides is 1. The number of hydrogen-bond acceptors (Lipinski definition) is 6. The van der Waals surface area contributed by atoms with Gasteiger partial charge in [0, 0.05) is 12.6 Å². The maximum absolute atomic E-state index is 14.0. The number of pyridine rings is 1. The van der Waals surface area contributed by atoms with Crippen molar-refractivity contribution < 1.29 is 28.2 Å². The molecule has 2 heterocycles. The quantitative estimate of drug-likeness (QED) is 0.543. The third-order valence-electron chi connectivity index (χ3n) is 4.37. The number of nitrogens with one attached hydrogen (secondary N) is 1. The fraction of sp³-hybridized carbons (Fsp3) is 0.150. The summed E-state index contributed by atoms with van der Waals surface area (Å²) in [5.74, 6) is -3.70. The number of furan rings is 1. The third-order valence-corrected chi connectivity index (χ3v) is 4.37. The number of H-pyrrole nitrogens is 1. The maximum atomic E-state index is 14.0. The highest BCUT2D eigenvalue weighted by Crippen LogP contribution is 2.36. The maximum Gasteiger partial charge on any atom is 0.343 e. The molecular formula is C20H17FN2O6. The Labute approximate surface area is 163 Å². The number of amides is 1. The van der Waals surface area contributed by atoms with Crippen molar-refractivity contribution in [3.63, 3.8) is 0 Å². The van der Waals surface area contributed by atoms with E-state index in [4.69, 9.17) is 10.2 Å². The van der Waals surface area contributed by atoms with Crippen molar-refractivity contribution in [2.24, 2.45) is 5.73 Å². The van der Waals surface area contributed by atoms with Gasteiger partial charge in [-0.15, -0.1) is 0 Å². The molecule has 0 aliphatic carbocycles. The van der Waals surface area contributed by atoms with Crippen LogP contribution in [0.5, 0.6) is 5.75 Å². The molecule has 0 radical (unpaired) electrons. The minimum atomic E-state index is -1.11. The van der Waals surface area contributed by atoms with E-state index < -0.39 is 41.3 Å². The molecule has 8 nitrogen and oxygen atoms in total. The minimum absolute atomic E-state index is 0.0878. The van der Waals surface area contributed by atoms with Crippen LogP contribution in [-0.4, -0.2) is 29.1 Å². The Balaban J connectivity index is 2.14. The van der Waals surface area contributed by atoms with Crippen LogP contribution in [0.1, 0.15) is 34.0 Å². The van der Waals surface area contributed by atoms with Crippen LogP contribution in [0.2, 0.25) is 0 Å². The van der Waals surface area contributed by atoms with E-state index in [0.717, 1.165) is 13.3 Å². The van der Waals surface area contributed by atoms with E-state index in [9.17, 15) is 23.9 Å². The van der Waals surface area contributed by atoms with E-state index in [-0.39, 0.29) is 28.2 Å². The number of carbonyl (C=O) groups excluding carboxylic acids is 2. The highest BCUT2D eigenvalue weighted by atomic mass is 19.1. The number of aromatic hydroxyl groups is 1. The van der Waals surface area contributed by atoms with Gasteiger partial charge >= 0.3 is 5.97 Å². The van der Waals surface area contributed by atoms with Crippen LogP contribution in [0.4, 0.5) is 4.39 Å². The first-order valence-corrected chi connectivity index (χ1v) is 8.49. The van der Waals surface area contributed by atoms with Crippen molar-refractivity contribution >= 4 is 11.9 Å². The van der Waals surface area contributed by atoms with Crippen LogP contribution in [-0.2, 0) is 9.53 Å². The molecule has 2 aromatic heterocycles. The van der Waals surface area contributed by atoms with Crippen molar-refractivity contribution in [1.29, 1.82) is 0 Å². The molecule has 150 valence electrons. The monoisotopic (exact) mass is 400 g/mol. The average Bonchev–Trinajstić information content (AvgIpc) is 3.16. The lowest BCUT2D eigenvalue weighted by Gasteiger charge is -2.15. The van der Waals surface area contributed by atoms with Crippen LogP contribution in [0.25, 0.3) is 11.3 Å². The van der Waals surface area contributed by atoms with Crippen molar-refractivity contribution in [1.82, 2.24) is 4.98 Å². The predicted octanol–water partition coefficient (Wildman–Crippen LogP) is 2.27. The summed E-state index contributed by atoms with van der Waals surface area (Å²) in [5.41, 5.74) is 4.16. The van der Waals surface area contributed by atoms with Crippen molar-refractivity contribution in [2.45, 2.75) is 12.3 Å². The van der Waals surface area contributed by atoms with Gasteiger partial charge in [0.15, 0.2) is 0 Å². The molecule has 0 aliphatic heterocycles. The summed E-state index contributed by atoms with van der Waals surface area (Å²) >= 11 is 0. The van der Waals surface area contributed by atoms with Gasteiger partial charge in [0.25, 0.3) is 5.56 Å². The molecule has 29 heavy (non-hydrogen) atoms. The molecule has 1 atom stereocenters. The Morgan fingerprint density at radius 2 is 2.00 bits per heavy atom. The molecule has 3 aromatic rings. The number of hydrogen-bond donors (Lipinski definition) is 3. The summed E-state index contributed by atoms with van der Waals surface area (Å²) in [6.07, 6.45) is 0.604. The minimum Gasteiger partial charge on any atom is -0.506 e. The molecule has 1 amide bonds. The number of ether oxygens (including phenoxy) is 1. The largest absolute Gasteiger partial charge is 0.506 e. The van der Waals surface area contributed by atoms with Gasteiger partial charge in [-0.2, -0.15) is 0 Å².